The van der Waals surface area contributed by atoms with Gasteiger partial charge in [0.2, 0.25) is 0 Å². The number of rotatable bonds is 7. The summed E-state index contributed by atoms with van der Waals surface area (Å²) in [5, 5.41) is 5.46. The summed E-state index contributed by atoms with van der Waals surface area (Å²) in [6.45, 7) is 1.68. The van der Waals surface area contributed by atoms with Crippen molar-refractivity contribution in [2.45, 2.75) is 6.92 Å². The number of hydrogen-bond donors (Lipinski definition) is 0. The minimum atomic E-state index is -0.509. The van der Waals surface area contributed by atoms with Crippen LogP contribution >= 0.6 is 35.6 Å². The molecule has 134 valence electrons. The predicted molar refractivity (Wildman–Crippen MR) is 99.6 cm³/mol. The molecule has 1 aromatic carbocycles. The number of hydrazone groups is 1. The molecule has 1 aliphatic rings. The smallest absolute Gasteiger partial charge is 0.344 e. The normalized spacial score (nSPS) is 14.3. The Balaban J connectivity index is 2.16. The number of benzene rings is 1. The second kappa shape index (κ2) is 9.02. The van der Waals surface area contributed by atoms with Crippen LogP contribution in [-0.4, -0.2) is 53.5 Å². The summed E-state index contributed by atoms with van der Waals surface area (Å²) in [4.78, 5) is 23.0. The lowest BCUT2D eigenvalue weighted by molar-refractivity contribution is -0.145. The third kappa shape index (κ3) is 5.07. The molecule has 1 saturated heterocycles. The van der Waals surface area contributed by atoms with Gasteiger partial charge in [-0.3, -0.25) is 4.79 Å². The largest absolute Gasteiger partial charge is 0.493 e. The van der Waals surface area contributed by atoms with E-state index in [-0.39, 0.29) is 35.6 Å². The average Bonchev–Trinajstić information content (AvgIpc) is 2.90. The van der Waals surface area contributed by atoms with Crippen molar-refractivity contribution in [2.75, 3.05) is 26.1 Å². The third-order valence-corrected chi connectivity index (χ3v) is 4.56. The first-order valence-electron chi connectivity index (χ1n) is 7.16. The van der Waals surface area contributed by atoms with E-state index in [9.17, 15) is 9.59 Å². The van der Waals surface area contributed by atoms with Gasteiger partial charge in [-0.2, -0.15) is 10.1 Å². The molecule has 0 bridgehead atoms. The van der Waals surface area contributed by atoms with Gasteiger partial charge in [-0.25, -0.2) is 4.79 Å². The van der Waals surface area contributed by atoms with Crippen molar-refractivity contribution < 1.29 is 23.8 Å². The van der Waals surface area contributed by atoms with Gasteiger partial charge in [0.1, 0.15) is 0 Å². The van der Waals surface area contributed by atoms with Crippen LogP contribution in [0.2, 0.25) is 5.02 Å². The first-order valence-corrected chi connectivity index (χ1v) is 8.93. The highest BCUT2D eigenvalue weighted by atomic mass is 35.5. The summed E-state index contributed by atoms with van der Waals surface area (Å²) >= 11 is 12.5. The quantitative estimate of drug-likeness (QED) is 0.394. The van der Waals surface area contributed by atoms with Crippen LogP contribution in [0.15, 0.2) is 17.2 Å². The molecule has 0 radical (unpaired) electrons. The number of amides is 1. The molecule has 0 spiro atoms. The maximum atomic E-state index is 11.6. The number of carbonyl (C=O) groups is 2. The molecule has 1 aromatic rings. The second-order valence-electron chi connectivity index (χ2n) is 4.63. The van der Waals surface area contributed by atoms with E-state index in [2.05, 4.69) is 5.10 Å². The number of thiocarbonyl (C=S) groups is 1. The lowest BCUT2D eigenvalue weighted by atomic mass is 10.2. The van der Waals surface area contributed by atoms with Gasteiger partial charge in [-0.15, -0.1) is 0 Å². The molecule has 0 aliphatic carbocycles. The molecule has 1 amide bonds. The molecular weight excluding hydrogens is 388 g/mol. The average molecular weight is 403 g/mol. The molecule has 0 saturated carbocycles. The van der Waals surface area contributed by atoms with Crippen LogP contribution in [0.1, 0.15) is 12.5 Å². The first kappa shape index (κ1) is 19.5. The molecule has 1 aliphatic heterocycles. The maximum absolute atomic E-state index is 11.6. The highest BCUT2D eigenvalue weighted by Crippen LogP contribution is 2.36. The number of carbonyl (C=O) groups excluding carboxylic acids is 2. The Hall–Kier alpha value is -1.84. The highest BCUT2D eigenvalue weighted by Gasteiger charge is 2.26. The zero-order valence-electron chi connectivity index (χ0n) is 13.5. The Morgan fingerprint density at radius 3 is 2.88 bits per heavy atom. The summed E-state index contributed by atoms with van der Waals surface area (Å²) in [5.74, 6) is 0.130. The van der Waals surface area contributed by atoms with Gasteiger partial charge in [-0.05, 0) is 24.6 Å². The van der Waals surface area contributed by atoms with Gasteiger partial charge >= 0.3 is 5.97 Å². The predicted octanol–water partition coefficient (Wildman–Crippen LogP) is 2.48. The maximum Gasteiger partial charge on any atom is 0.344 e. The number of esters is 1. The van der Waals surface area contributed by atoms with Crippen molar-refractivity contribution in [3.8, 4) is 11.5 Å². The fourth-order valence-electron chi connectivity index (χ4n) is 1.87. The van der Waals surface area contributed by atoms with Crippen molar-refractivity contribution in [3.63, 3.8) is 0 Å². The van der Waals surface area contributed by atoms with Crippen LogP contribution in [-0.2, 0) is 14.3 Å². The van der Waals surface area contributed by atoms with Gasteiger partial charge in [0.05, 0.1) is 30.7 Å². The zero-order valence-corrected chi connectivity index (χ0v) is 15.9. The van der Waals surface area contributed by atoms with Crippen molar-refractivity contribution in [2.24, 2.45) is 5.10 Å². The molecule has 1 heterocycles. The molecule has 7 nitrogen and oxygen atoms in total. The van der Waals surface area contributed by atoms with Crippen molar-refractivity contribution in [1.29, 1.82) is 0 Å². The van der Waals surface area contributed by atoms with E-state index < -0.39 is 5.97 Å². The highest BCUT2D eigenvalue weighted by molar-refractivity contribution is 8.23. The molecule has 0 aromatic heterocycles. The summed E-state index contributed by atoms with van der Waals surface area (Å²) in [6, 6.07) is 3.19. The van der Waals surface area contributed by atoms with E-state index in [1.807, 2.05) is 0 Å². The second-order valence-corrected chi connectivity index (χ2v) is 6.65. The summed E-state index contributed by atoms with van der Waals surface area (Å²) in [6.07, 6.45) is 1.44. The molecule has 0 atom stereocenters. The Bertz CT molecular complexity index is 710. The number of methoxy groups -OCH3 is 1. The van der Waals surface area contributed by atoms with Crippen LogP contribution < -0.4 is 9.47 Å². The fraction of sp³-hybridized carbons (Fsp3) is 0.333. The number of nitrogens with zero attached hydrogens (tertiary/aromatic N) is 2. The summed E-state index contributed by atoms with van der Waals surface area (Å²) < 4.78 is 15.8. The van der Waals surface area contributed by atoms with E-state index in [0.29, 0.717) is 15.6 Å². The molecule has 0 N–H and O–H groups in total. The van der Waals surface area contributed by atoms with E-state index in [1.54, 1.807) is 19.1 Å². The Morgan fingerprint density at radius 2 is 2.28 bits per heavy atom. The fourth-order valence-corrected chi connectivity index (χ4v) is 3.11. The van der Waals surface area contributed by atoms with Crippen LogP contribution in [0, 0.1) is 0 Å². The van der Waals surface area contributed by atoms with Gasteiger partial charge in [0.15, 0.2) is 22.4 Å². The van der Waals surface area contributed by atoms with Gasteiger partial charge in [0.25, 0.3) is 5.91 Å². The first-order chi connectivity index (χ1) is 12.0. The molecule has 0 unspecified atom stereocenters. The standard InChI is InChI=1S/C15H15ClN2O5S2/c1-3-22-13(20)7-23-14-10(16)4-9(5-11(14)21-2)6-17-18-12(19)8-25-15(18)24/h4-6H,3,7-8H2,1-2H3/b17-6-. The molecular formula is C15H15ClN2O5S2. The van der Waals surface area contributed by atoms with E-state index in [0.717, 1.165) is 5.01 Å². The van der Waals surface area contributed by atoms with E-state index in [4.69, 9.17) is 38.0 Å². The zero-order chi connectivity index (χ0) is 18.4. The topological polar surface area (TPSA) is 77.4 Å². The molecule has 2 rings (SSSR count). The number of halogens is 1. The van der Waals surface area contributed by atoms with Gasteiger partial charge in [0, 0.05) is 0 Å². The SMILES string of the molecule is CCOC(=O)COc1c(Cl)cc(/C=N\N2C(=O)CSC2=S)cc1OC. The third-order valence-electron chi connectivity index (χ3n) is 2.94. The molecule has 1 fully saturated rings. The number of thioether (sulfide) groups is 1. The number of ether oxygens (including phenoxy) is 3. The minimum absolute atomic E-state index is 0.182. The van der Waals surface area contributed by atoms with Crippen LogP contribution in [0.4, 0.5) is 0 Å². The lowest BCUT2D eigenvalue weighted by Gasteiger charge is -2.13. The van der Waals surface area contributed by atoms with Crippen LogP contribution in [0.3, 0.4) is 0 Å². The van der Waals surface area contributed by atoms with Crippen LogP contribution in [0.25, 0.3) is 0 Å². The summed E-state index contributed by atoms with van der Waals surface area (Å²) in [5.41, 5.74) is 0.581. The van der Waals surface area contributed by atoms with E-state index in [1.165, 1.54) is 25.1 Å². The summed E-state index contributed by atoms with van der Waals surface area (Å²) in [7, 11) is 1.44. The lowest BCUT2D eigenvalue weighted by Crippen LogP contribution is -2.22. The van der Waals surface area contributed by atoms with Crippen molar-refractivity contribution >= 4 is 58.0 Å². The van der Waals surface area contributed by atoms with Crippen LogP contribution in [0.5, 0.6) is 11.5 Å². The van der Waals surface area contributed by atoms with Gasteiger partial charge < -0.3 is 14.2 Å². The van der Waals surface area contributed by atoms with E-state index >= 15 is 0 Å². The van der Waals surface area contributed by atoms with Crippen molar-refractivity contribution in [1.82, 2.24) is 5.01 Å². The molecule has 25 heavy (non-hydrogen) atoms. The monoisotopic (exact) mass is 402 g/mol. The van der Waals surface area contributed by atoms with Gasteiger partial charge in [-0.1, -0.05) is 35.6 Å². The Kier molecular flexibility index (Phi) is 7.03. The Morgan fingerprint density at radius 1 is 1.52 bits per heavy atom. The Labute approximate surface area is 159 Å². The number of hydrogen-bond acceptors (Lipinski definition) is 8. The van der Waals surface area contributed by atoms with Crippen molar-refractivity contribution in [3.05, 3.63) is 22.7 Å². The molecule has 10 heteroatoms. The minimum Gasteiger partial charge on any atom is -0.493 e.